The third-order valence-electron chi connectivity index (χ3n) is 3.28. The van der Waals surface area contributed by atoms with E-state index in [0.29, 0.717) is 0 Å². The molecule has 0 unspecified atom stereocenters. The van der Waals surface area contributed by atoms with Gasteiger partial charge in [0, 0.05) is 17.3 Å². The Morgan fingerprint density at radius 3 is 2.64 bits per heavy atom. The van der Waals surface area contributed by atoms with E-state index in [1.807, 2.05) is 31.2 Å². The third kappa shape index (κ3) is 3.82. The minimum absolute atomic E-state index is 0.249. The summed E-state index contributed by atoms with van der Waals surface area (Å²) in [5.74, 6) is 0.563. The predicted octanol–water partition coefficient (Wildman–Crippen LogP) is 3.48. The Hall–Kier alpha value is -2.42. The van der Waals surface area contributed by atoms with Crippen LogP contribution in [0.4, 0.5) is 10.2 Å². The van der Waals surface area contributed by atoms with Crippen molar-refractivity contribution in [3.63, 3.8) is 0 Å². The molecule has 0 fully saturated rings. The molecule has 1 aromatic carbocycles. The van der Waals surface area contributed by atoms with Gasteiger partial charge in [-0.3, -0.25) is 0 Å². The second-order valence-electron chi connectivity index (χ2n) is 5.06. The summed E-state index contributed by atoms with van der Waals surface area (Å²) >= 11 is 0. The molecule has 1 heterocycles. The van der Waals surface area contributed by atoms with Gasteiger partial charge >= 0.3 is 0 Å². The topological polar surface area (TPSA) is 24.9 Å². The molecule has 0 aliphatic heterocycles. The van der Waals surface area contributed by atoms with Gasteiger partial charge in [0.2, 0.25) is 0 Å². The molecule has 0 spiro atoms. The van der Waals surface area contributed by atoms with Gasteiger partial charge in [0.25, 0.3) is 0 Å². The molecule has 0 atom stereocenters. The van der Waals surface area contributed by atoms with Crippen molar-refractivity contribution in [1.82, 2.24) is 4.98 Å². The fourth-order valence-electron chi connectivity index (χ4n) is 2.13. The predicted molar refractivity (Wildman–Crippen MR) is 92.5 cm³/mol. The first kappa shape index (κ1) is 16.0. The average Bonchev–Trinajstić information content (AvgIpc) is 2.52. The molecule has 114 valence electrons. The standard InChI is InChI=1S/C19H21FN2/c1-4-6-7-17-14(3)13-18(22-19(17)21-12-5-2)15-8-10-16(20)11-9-15/h4,6-11,13H,3,5,12H2,1-2H3,(H,21,22)/b6-4-,17-7+. The Bertz CT molecular complexity index is 761. The van der Waals surface area contributed by atoms with E-state index in [1.165, 1.54) is 12.1 Å². The zero-order valence-corrected chi connectivity index (χ0v) is 13.1. The quantitative estimate of drug-likeness (QED) is 0.914. The van der Waals surface area contributed by atoms with E-state index in [2.05, 4.69) is 23.8 Å². The molecule has 22 heavy (non-hydrogen) atoms. The smallest absolute Gasteiger partial charge is 0.134 e. The van der Waals surface area contributed by atoms with Crippen molar-refractivity contribution in [3.05, 3.63) is 58.7 Å². The highest BCUT2D eigenvalue weighted by molar-refractivity contribution is 5.63. The molecule has 0 radical (unpaired) electrons. The monoisotopic (exact) mass is 296 g/mol. The van der Waals surface area contributed by atoms with Gasteiger partial charge in [0.05, 0.1) is 5.69 Å². The first-order chi connectivity index (χ1) is 10.7. The molecule has 0 saturated carbocycles. The van der Waals surface area contributed by atoms with Crippen LogP contribution in [0.2, 0.25) is 0 Å². The number of aromatic nitrogens is 1. The fourth-order valence-corrected chi connectivity index (χ4v) is 2.13. The lowest BCUT2D eigenvalue weighted by atomic mass is 10.1. The van der Waals surface area contributed by atoms with Gasteiger partial charge in [-0.1, -0.05) is 31.7 Å². The maximum Gasteiger partial charge on any atom is 0.134 e. The highest BCUT2D eigenvalue weighted by atomic mass is 19.1. The van der Waals surface area contributed by atoms with E-state index in [-0.39, 0.29) is 5.82 Å². The summed E-state index contributed by atoms with van der Waals surface area (Å²) in [4.78, 5) is 4.69. The Kier molecular flexibility index (Phi) is 5.48. The number of nitrogens with zero attached hydrogens (tertiary/aromatic N) is 1. The van der Waals surface area contributed by atoms with Gasteiger partial charge in [0.1, 0.15) is 11.6 Å². The van der Waals surface area contributed by atoms with Crippen LogP contribution in [0.1, 0.15) is 20.3 Å². The average molecular weight is 296 g/mol. The lowest BCUT2D eigenvalue weighted by Crippen LogP contribution is -2.29. The van der Waals surface area contributed by atoms with Crippen LogP contribution < -0.4 is 15.8 Å². The van der Waals surface area contributed by atoms with Crippen molar-refractivity contribution >= 4 is 18.5 Å². The highest BCUT2D eigenvalue weighted by Crippen LogP contribution is 2.16. The van der Waals surface area contributed by atoms with Crippen molar-refractivity contribution < 1.29 is 4.39 Å². The minimum Gasteiger partial charge on any atom is -0.370 e. The van der Waals surface area contributed by atoms with E-state index in [0.717, 1.165) is 40.5 Å². The van der Waals surface area contributed by atoms with Crippen molar-refractivity contribution in [2.24, 2.45) is 0 Å². The van der Waals surface area contributed by atoms with Crippen LogP contribution in [0.15, 0.2) is 42.5 Å². The number of anilines is 1. The third-order valence-corrected chi connectivity index (χ3v) is 3.28. The summed E-state index contributed by atoms with van der Waals surface area (Å²) in [5, 5.41) is 5.22. The van der Waals surface area contributed by atoms with Crippen LogP contribution >= 0.6 is 0 Å². The van der Waals surface area contributed by atoms with E-state index < -0.39 is 0 Å². The second-order valence-corrected chi connectivity index (χ2v) is 5.06. The van der Waals surface area contributed by atoms with Crippen LogP contribution in [0.25, 0.3) is 23.9 Å². The lowest BCUT2D eigenvalue weighted by Gasteiger charge is -2.09. The van der Waals surface area contributed by atoms with Crippen molar-refractivity contribution in [1.29, 1.82) is 0 Å². The van der Waals surface area contributed by atoms with Crippen molar-refractivity contribution in [2.45, 2.75) is 20.3 Å². The van der Waals surface area contributed by atoms with Gasteiger partial charge in [-0.2, -0.15) is 0 Å². The number of pyridine rings is 1. The van der Waals surface area contributed by atoms with Gasteiger partial charge in [0.15, 0.2) is 0 Å². The van der Waals surface area contributed by atoms with Crippen LogP contribution in [-0.2, 0) is 0 Å². The normalized spacial score (nSPS) is 12.0. The Morgan fingerprint density at radius 2 is 2.00 bits per heavy atom. The molecular weight excluding hydrogens is 275 g/mol. The number of halogens is 1. The van der Waals surface area contributed by atoms with E-state index in [1.54, 1.807) is 12.1 Å². The summed E-state index contributed by atoms with van der Waals surface area (Å²) in [6.07, 6.45) is 6.96. The maximum absolute atomic E-state index is 13.1. The van der Waals surface area contributed by atoms with Crippen LogP contribution in [0.5, 0.6) is 0 Å². The van der Waals surface area contributed by atoms with Gasteiger partial charge in [-0.15, -0.1) is 0 Å². The highest BCUT2D eigenvalue weighted by Gasteiger charge is 2.04. The molecule has 0 amide bonds. The summed E-state index contributed by atoms with van der Waals surface area (Å²) in [6, 6.07) is 8.28. The minimum atomic E-state index is -0.249. The molecule has 0 bridgehead atoms. The summed E-state index contributed by atoms with van der Waals surface area (Å²) in [6.45, 7) is 9.05. The van der Waals surface area contributed by atoms with E-state index in [4.69, 9.17) is 0 Å². The van der Waals surface area contributed by atoms with Crippen molar-refractivity contribution in [3.8, 4) is 11.3 Å². The maximum atomic E-state index is 13.1. The Balaban J connectivity index is 2.56. The van der Waals surface area contributed by atoms with Crippen LogP contribution in [-0.4, -0.2) is 11.5 Å². The fraction of sp³-hybridized carbons (Fsp3) is 0.211. The zero-order chi connectivity index (χ0) is 15.9. The molecule has 2 nitrogen and oxygen atoms in total. The molecule has 1 N–H and O–H groups in total. The molecule has 0 aliphatic rings. The van der Waals surface area contributed by atoms with Crippen LogP contribution in [0, 0.1) is 5.82 Å². The Morgan fingerprint density at radius 1 is 1.27 bits per heavy atom. The Labute approximate surface area is 130 Å². The van der Waals surface area contributed by atoms with Gasteiger partial charge in [-0.25, -0.2) is 9.37 Å². The number of benzene rings is 1. The second kappa shape index (κ2) is 7.55. The molecule has 0 saturated heterocycles. The SMILES string of the molecule is C=c1cc(-c2ccc(F)cc2)nc(NCCC)/c1=C/C=C\C. The zero-order valence-electron chi connectivity index (χ0n) is 13.1. The number of hydrogen-bond acceptors (Lipinski definition) is 2. The number of allylic oxidation sites excluding steroid dienone is 2. The van der Waals surface area contributed by atoms with E-state index >= 15 is 0 Å². The molecule has 3 heteroatoms. The van der Waals surface area contributed by atoms with Crippen LogP contribution in [0.3, 0.4) is 0 Å². The number of nitrogens with one attached hydrogen (secondary N) is 1. The first-order valence-electron chi connectivity index (χ1n) is 7.48. The summed E-state index contributed by atoms with van der Waals surface area (Å²) in [5.41, 5.74) is 1.67. The van der Waals surface area contributed by atoms with E-state index in [9.17, 15) is 4.39 Å². The van der Waals surface area contributed by atoms with Crippen molar-refractivity contribution in [2.75, 3.05) is 11.9 Å². The molecule has 0 aliphatic carbocycles. The molecule has 2 rings (SSSR count). The molecular formula is C19H21FN2. The lowest BCUT2D eigenvalue weighted by molar-refractivity contribution is 0.628. The largest absolute Gasteiger partial charge is 0.370 e. The summed E-state index contributed by atoms with van der Waals surface area (Å²) in [7, 11) is 0. The first-order valence-corrected chi connectivity index (χ1v) is 7.48. The number of hydrogen-bond donors (Lipinski definition) is 1. The molecule has 1 aromatic heterocycles. The van der Waals surface area contributed by atoms with Gasteiger partial charge < -0.3 is 5.32 Å². The molecule has 2 aromatic rings. The summed E-state index contributed by atoms with van der Waals surface area (Å²) < 4.78 is 13.1. The number of rotatable bonds is 5. The van der Waals surface area contributed by atoms with Gasteiger partial charge in [-0.05, 0) is 48.9 Å².